The Bertz CT molecular complexity index is 562. The third kappa shape index (κ3) is 2.90. The number of nitrogens with zero attached hydrogens (tertiary/aromatic N) is 1. The van der Waals surface area contributed by atoms with Gasteiger partial charge in [0, 0.05) is 23.5 Å². The molecular formula is C13H12ClFN2O. The number of anilines is 1. The molecule has 1 atom stereocenters. The molecule has 1 aromatic heterocycles. The molecule has 0 fully saturated rings. The molecule has 0 bridgehead atoms. The van der Waals surface area contributed by atoms with Gasteiger partial charge in [-0.1, -0.05) is 17.7 Å². The lowest BCUT2D eigenvalue weighted by Gasteiger charge is -2.16. The summed E-state index contributed by atoms with van der Waals surface area (Å²) in [6.07, 6.45) is 1.57. The van der Waals surface area contributed by atoms with Gasteiger partial charge in [-0.25, -0.2) is 9.37 Å². The first-order valence-electron chi connectivity index (χ1n) is 5.43. The molecule has 2 aromatic rings. The maximum absolute atomic E-state index is 13.6. The van der Waals surface area contributed by atoms with Crippen molar-refractivity contribution in [3.8, 4) is 5.75 Å². The van der Waals surface area contributed by atoms with E-state index in [4.69, 9.17) is 16.7 Å². The number of halogens is 2. The van der Waals surface area contributed by atoms with E-state index in [1.54, 1.807) is 24.4 Å². The van der Waals surface area contributed by atoms with Crippen molar-refractivity contribution < 1.29 is 9.50 Å². The topological polar surface area (TPSA) is 45.2 Å². The van der Waals surface area contributed by atoms with Crippen LogP contribution in [0.25, 0.3) is 0 Å². The van der Waals surface area contributed by atoms with Crippen molar-refractivity contribution in [2.45, 2.75) is 13.0 Å². The van der Waals surface area contributed by atoms with Crippen LogP contribution in [0, 0.1) is 5.82 Å². The van der Waals surface area contributed by atoms with Gasteiger partial charge in [-0.3, -0.25) is 0 Å². The fourth-order valence-electron chi connectivity index (χ4n) is 1.69. The second-order valence-electron chi connectivity index (χ2n) is 3.94. The van der Waals surface area contributed by atoms with Gasteiger partial charge in [0.25, 0.3) is 0 Å². The number of rotatable bonds is 3. The second-order valence-corrected chi connectivity index (χ2v) is 4.33. The number of aromatic hydroxyl groups is 1. The Labute approximate surface area is 109 Å². The summed E-state index contributed by atoms with van der Waals surface area (Å²) in [4.78, 5) is 3.87. The first-order valence-corrected chi connectivity index (χ1v) is 5.80. The number of benzene rings is 1. The molecule has 0 amide bonds. The molecule has 2 rings (SSSR count). The van der Waals surface area contributed by atoms with E-state index in [1.165, 1.54) is 6.07 Å². The van der Waals surface area contributed by atoms with Crippen molar-refractivity contribution in [3.63, 3.8) is 0 Å². The number of hydrogen-bond acceptors (Lipinski definition) is 3. The Kier molecular flexibility index (Phi) is 3.67. The van der Waals surface area contributed by atoms with Gasteiger partial charge < -0.3 is 10.4 Å². The number of pyridine rings is 1. The largest absolute Gasteiger partial charge is 0.508 e. The molecular weight excluding hydrogens is 255 g/mol. The predicted molar refractivity (Wildman–Crippen MR) is 69.3 cm³/mol. The molecule has 18 heavy (non-hydrogen) atoms. The molecule has 0 aliphatic heterocycles. The molecule has 94 valence electrons. The minimum absolute atomic E-state index is 0.0876. The predicted octanol–water partition coefficient (Wildman–Crippen LogP) is 3.75. The molecule has 0 saturated heterocycles. The molecule has 0 spiro atoms. The quantitative estimate of drug-likeness (QED) is 0.832. The summed E-state index contributed by atoms with van der Waals surface area (Å²) < 4.78 is 13.6. The minimum Gasteiger partial charge on any atom is -0.508 e. The van der Waals surface area contributed by atoms with Gasteiger partial charge in [0.15, 0.2) is 0 Å². The van der Waals surface area contributed by atoms with Crippen LogP contribution in [0.3, 0.4) is 0 Å². The standard InChI is InChI=1S/C13H12ClFN2O/c1-8(11-3-2-10(18)7-12(11)15)17-9-4-5-16-13(14)6-9/h2-8,18H,1H3,(H,16,17). The highest BCUT2D eigenvalue weighted by Crippen LogP contribution is 2.24. The SMILES string of the molecule is CC(Nc1ccnc(Cl)c1)c1ccc(O)cc1F. The van der Waals surface area contributed by atoms with Crippen molar-refractivity contribution in [3.05, 3.63) is 53.1 Å². The fraction of sp³-hybridized carbons (Fsp3) is 0.154. The van der Waals surface area contributed by atoms with E-state index in [-0.39, 0.29) is 11.8 Å². The Morgan fingerprint density at radius 1 is 1.33 bits per heavy atom. The zero-order chi connectivity index (χ0) is 13.1. The van der Waals surface area contributed by atoms with E-state index >= 15 is 0 Å². The van der Waals surface area contributed by atoms with Crippen LogP contribution in [0.1, 0.15) is 18.5 Å². The van der Waals surface area contributed by atoms with E-state index in [2.05, 4.69) is 10.3 Å². The van der Waals surface area contributed by atoms with Crippen LogP contribution >= 0.6 is 11.6 Å². The lowest BCUT2D eigenvalue weighted by Crippen LogP contribution is -2.08. The summed E-state index contributed by atoms with van der Waals surface area (Å²) in [5.74, 6) is -0.537. The van der Waals surface area contributed by atoms with Gasteiger partial charge in [0.1, 0.15) is 16.7 Å². The summed E-state index contributed by atoms with van der Waals surface area (Å²) in [7, 11) is 0. The van der Waals surface area contributed by atoms with Gasteiger partial charge in [-0.15, -0.1) is 0 Å². The van der Waals surface area contributed by atoms with E-state index in [1.807, 2.05) is 6.92 Å². The fourth-order valence-corrected chi connectivity index (χ4v) is 1.86. The number of phenols is 1. The van der Waals surface area contributed by atoms with Crippen molar-refractivity contribution in [2.24, 2.45) is 0 Å². The van der Waals surface area contributed by atoms with Crippen LogP contribution in [0.15, 0.2) is 36.5 Å². The van der Waals surface area contributed by atoms with E-state index < -0.39 is 5.82 Å². The normalized spacial score (nSPS) is 12.2. The smallest absolute Gasteiger partial charge is 0.132 e. The first-order chi connectivity index (χ1) is 8.56. The molecule has 1 unspecified atom stereocenters. The highest BCUT2D eigenvalue weighted by atomic mass is 35.5. The Morgan fingerprint density at radius 2 is 2.11 bits per heavy atom. The average Bonchev–Trinajstić information content (AvgIpc) is 2.28. The highest BCUT2D eigenvalue weighted by molar-refractivity contribution is 6.29. The van der Waals surface area contributed by atoms with Crippen molar-refractivity contribution in [2.75, 3.05) is 5.32 Å². The van der Waals surface area contributed by atoms with Crippen molar-refractivity contribution in [1.82, 2.24) is 4.98 Å². The molecule has 0 aliphatic carbocycles. The number of aromatic nitrogens is 1. The zero-order valence-corrected chi connectivity index (χ0v) is 10.4. The minimum atomic E-state index is -0.449. The van der Waals surface area contributed by atoms with Crippen molar-refractivity contribution in [1.29, 1.82) is 0 Å². The van der Waals surface area contributed by atoms with Crippen LogP contribution in [0.4, 0.5) is 10.1 Å². The van der Waals surface area contributed by atoms with Gasteiger partial charge in [0.2, 0.25) is 0 Å². The van der Waals surface area contributed by atoms with Gasteiger partial charge in [0.05, 0.1) is 6.04 Å². The van der Waals surface area contributed by atoms with E-state index in [0.29, 0.717) is 10.7 Å². The van der Waals surface area contributed by atoms with Crippen LogP contribution in [0.5, 0.6) is 5.75 Å². The average molecular weight is 267 g/mol. The first kappa shape index (κ1) is 12.6. The molecule has 0 saturated carbocycles. The molecule has 5 heteroatoms. The lowest BCUT2D eigenvalue weighted by molar-refractivity contribution is 0.467. The number of nitrogens with one attached hydrogen (secondary N) is 1. The molecule has 2 N–H and O–H groups in total. The van der Waals surface area contributed by atoms with Gasteiger partial charge in [-0.2, -0.15) is 0 Å². The monoisotopic (exact) mass is 266 g/mol. The molecule has 1 aromatic carbocycles. The summed E-state index contributed by atoms with van der Waals surface area (Å²) in [6.45, 7) is 1.82. The lowest BCUT2D eigenvalue weighted by atomic mass is 10.1. The summed E-state index contributed by atoms with van der Waals surface area (Å²) in [5, 5.41) is 12.6. The Morgan fingerprint density at radius 3 is 2.78 bits per heavy atom. The summed E-state index contributed by atoms with van der Waals surface area (Å²) in [6, 6.07) is 7.26. The van der Waals surface area contributed by atoms with Crippen LogP contribution < -0.4 is 5.32 Å². The van der Waals surface area contributed by atoms with Crippen molar-refractivity contribution >= 4 is 17.3 Å². The third-order valence-corrected chi connectivity index (χ3v) is 2.77. The molecule has 0 radical (unpaired) electrons. The number of phenolic OH excluding ortho intramolecular Hbond substituents is 1. The van der Waals surface area contributed by atoms with Gasteiger partial charge in [-0.05, 0) is 25.1 Å². The highest BCUT2D eigenvalue weighted by Gasteiger charge is 2.11. The number of hydrogen-bond donors (Lipinski definition) is 2. The van der Waals surface area contributed by atoms with Crippen LogP contribution in [0.2, 0.25) is 5.15 Å². The van der Waals surface area contributed by atoms with Crippen LogP contribution in [-0.4, -0.2) is 10.1 Å². The Balaban J connectivity index is 2.19. The maximum Gasteiger partial charge on any atom is 0.132 e. The zero-order valence-electron chi connectivity index (χ0n) is 9.69. The van der Waals surface area contributed by atoms with E-state index in [9.17, 15) is 4.39 Å². The molecule has 3 nitrogen and oxygen atoms in total. The molecule has 1 heterocycles. The van der Waals surface area contributed by atoms with Crippen LogP contribution in [-0.2, 0) is 0 Å². The maximum atomic E-state index is 13.6. The summed E-state index contributed by atoms with van der Waals surface area (Å²) >= 11 is 5.77. The third-order valence-electron chi connectivity index (χ3n) is 2.56. The molecule has 0 aliphatic rings. The second kappa shape index (κ2) is 5.23. The van der Waals surface area contributed by atoms with Gasteiger partial charge >= 0.3 is 0 Å². The summed E-state index contributed by atoms with van der Waals surface area (Å²) in [5.41, 5.74) is 1.23. The van der Waals surface area contributed by atoms with E-state index in [0.717, 1.165) is 11.8 Å². The Hall–Kier alpha value is -1.81.